The third-order valence-corrected chi connectivity index (χ3v) is 2.04. The fraction of sp³-hybridized carbons (Fsp3) is 0.182. The van der Waals surface area contributed by atoms with Gasteiger partial charge in [0.15, 0.2) is 5.82 Å². The van der Waals surface area contributed by atoms with Crippen LogP contribution in [0.1, 0.15) is 11.4 Å². The standard InChI is InChI=1S/C11H12N3/c1-3-10-12-11(14-13-10)9-6-4-5-8(2)7-9/h4-7H,1,3H2,2H3,(H,12,13,14). The van der Waals surface area contributed by atoms with E-state index in [0.717, 1.165) is 17.2 Å². The average Bonchev–Trinajstić information content (AvgIpc) is 2.66. The predicted octanol–water partition coefficient (Wildman–Crippen LogP) is 2.16. The van der Waals surface area contributed by atoms with E-state index in [0.29, 0.717) is 6.42 Å². The highest BCUT2D eigenvalue weighted by Gasteiger charge is 2.03. The highest BCUT2D eigenvalue weighted by Crippen LogP contribution is 2.15. The Morgan fingerprint density at radius 1 is 1.43 bits per heavy atom. The number of rotatable bonds is 2. The second-order valence-corrected chi connectivity index (χ2v) is 3.23. The molecule has 0 spiro atoms. The molecule has 1 aromatic carbocycles. The van der Waals surface area contributed by atoms with E-state index in [1.165, 1.54) is 5.56 Å². The van der Waals surface area contributed by atoms with Gasteiger partial charge in [-0.15, -0.1) is 0 Å². The second kappa shape index (κ2) is 3.62. The van der Waals surface area contributed by atoms with Gasteiger partial charge in [-0.1, -0.05) is 23.8 Å². The van der Waals surface area contributed by atoms with E-state index >= 15 is 0 Å². The molecule has 0 atom stereocenters. The lowest BCUT2D eigenvalue weighted by Gasteiger charge is -1.95. The Labute approximate surface area is 83.2 Å². The van der Waals surface area contributed by atoms with Gasteiger partial charge in [0.2, 0.25) is 0 Å². The van der Waals surface area contributed by atoms with Gasteiger partial charge < -0.3 is 0 Å². The first-order valence-corrected chi connectivity index (χ1v) is 4.57. The number of nitrogens with one attached hydrogen (secondary N) is 1. The zero-order valence-corrected chi connectivity index (χ0v) is 8.12. The smallest absolute Gasteiger partial charge is 0.181 e. The first kappa shape index (κ1) is 8.94. The van der Waals surface area contributed by atoms with Gasteiger partial charge in [-0.25, -0.2) is 4.98 Å². The van der Waals surface area contributed by atoms with Crippen molar-refractivity contribution in [2.45, 2.75) is 13.3 Å². The SMILES string of the molecule is [CH2]Cc1nc(-c2cccc(C)c2)n[nH]1. The number of aromatic amines is 1. The van der Waals surface area contributed by atoms with E-state index in [4.69, 9.17) is 0 Å². The van der Waals surface area contributed by atoms with Crippen molar-refractivity contribution in [3.05, 3.63) is 42.6 Å². The summed E-state index contributed by atoms with van der Waals surface area (Å²) in [7, 11) is 0. The Kier molecular flexibility index (Phi) is 2.31. The summed E-state index contributed by atoms with van der Waals surface area (Å²) < 4.78 is 0. The number of aryl methyl sites for hydroxylation is 1. The van der Waals surface area contributed by atoms with Crippen LogP contribution in [0.25, 0.3) is 11.4 Å². The Morgan fingerprint density at radius 3 is 2.93 bits per heavy atom. The predicted molar refractivity (Wildman–Crippen MR) is 55.6 cm³/mol. The van der Waals surface area contributed by atoms with Gasteiger partial charge >= 0.3 is 0 Å². The van der Waals surface area contributed by atoms with Crippen LogP contribution >= 0.6 is 0 Å². The summed E-state index contributed by atoms with van der Waals surface area (Å²) in [6, 6.07) is 8.13. The molecular formula is C11H12N3. The molecule has 2 aromatic rings. The fourth-order valence-corrected chi connectivity index (χ4v) is 1.32. The summed E-state index contributed by atoms with van der Waals surface area (Å²) in [6.45, 7) is 5.80. The third kappa shape index (κ3) is 1.66. The summed E-state index contributed by atoms with van der Waals surface area (Å²) in [5.41, 5.74) is 2.25. The molecule has 2 rings (SSSR count). The van der Waals surface area contributed by atoms with Crippen molar-refractivity contribution in [2.24, 2.45) is 0 Å². The van der Waals surface area contributed by atoms with Gasteiger partial charge in [-0.2, -0.15) is 5.10 Å². The quantitative estimate of drug-likeness (QED) is 0.780. The van der Waals surface area contributed by atoms with Crippen molar-refractivity contribution in [3.63, 3.8) is 0 Å². The number of benzene rings is 1. The van der Waals surface area contributed by atoms with Crippen LogP contribution in [-0.2, 0) is 6.42 Å². The zero-order valence-electron chi connectivity index (χ0n) is 8.12. The average molecular weight is 186 g/mol. The summed E-state index contributed by atoms with van der Waals surface area (Å²) in [5.74, 6) is 1.56. The fourth-order valence-electron chi connectivity index (χ4n) is 1.32. The Hall–Kier alpha value is -1.64. The number of hydrogen-bond acceptors (Lipinski definition) is 2. The topological polar surface area (TPSA) is 41.6 Å². The minimum Gasteiger partial charge on any atom is -0.263 e. The van der Waals surface area contributed by atoms with Gasteiger partial charge in [0.1, 0.15) is 5.82 Å². The molecule has 1 radical (unpaired) electrons. The Balaban J connectivity index is 2.39. The molecule has 0 saturated carbocycles. The van der Waals surface area contributed by atoms with Crippen molar-refractivity contribution < 1.29 is 0 Å². The maximum Gasteiger partial charge on any atom is 0.181 e. The number of H-pyrrole nitrogens is 1. The van der Waals surface area contributed by atoms with Crippen LogP contribution in [0.15, 0.2) is 24.3 Å². The van der Waals surface area contributed by atoms with E-state index < -0.39 is 0 Å². The lowest BCUT2D eigenvalue weighted by Crippen LogP contribution is -1.83. The van der Waals surface area contributed by atoms with E-state index in [1.807, 2.05) is 12.1 Å². The first-order valence-electron chi connectivity index (χ1n) is 4.57. The highest BCUT2D eigenvalue weighted by molar-refractivity contribution is 5.55. The number of aromatic nitrogens is 3. The molecule has 3 nitrogen and oxygen atoms in total. The van der Waals surface area contributed by atoms with Gasteiger partial charge in [-0.05, 0) is 19.9 Å². The molecule has 0 aliphatic heterocycles. The summed E-state index contributed by atoms with van der Waals surface area (Å²) in [6.07, 6.45) is 0.638. The second-order valence-electron chi connectivity index (χ2n) is 3.23. The molecule has 14 heavy (non-hydrogen) atoms. The normalized spacial score (nSPS) is 10.4. The summed E-state index contributed by atoms with van der Waals surface area (Å²) >= 11 is 0. The van der Waals surface area contributed by atoms with Crippen molar-refractivity contribution in [1.29, 1.82) is 0 Å². The third-order valence-electron chi connectivity index (χ3n) is 2.04. The monoisotopic (exact) mass is 186 g/mol. The van der Waals surface area contributed by atoms with Crippen LogP contribution in [-0.4, -0.2) is 15.2 Å². The molecule has 0 fully saturated rings. The molecule has 0 unspecified atom stereocenters. The zero-order chi connectivity index (χ0) is 9.97. The van der Waals surface area contributed by atoms with Crippen LogP contribution in [0.2, 0.25) is 0 Å². The molecule has 0 bridgehead atoms. The van der Waals surface area contributed by atoms with E-state index in [9.17, 15) is 0 Å². The molecule has 0 saturated heterocycles. The van der Waals surface area contributed by atoms with Crippen LogP contribution < -0.4 is 0 Å². The largest absolute Gasteiger partial charge is 0.263 e. The number of nitrogens with zero attached hydrogens (tertiary/aromatic N) is 2. The van der Waals surface area contributed by atoms with Crippen molar-refractivity contribution in [2.75, 3.05) is 0 Å². The van der Waals surface area contributed by atoms with Crippen LogP contribution in [0.3, 0.4) is 0 Å². The van der Waals surface area contributed by atoms with E-state index in [1.54, 1.807) is 0 Å². The Morgan fingerprint density at radius 2 is 2.29 bits per heavy atom. The summed E-state index contributed by atoms with van der Waals surface area (Å²) in [4.78, 5) is 4.31. The molecule has 0 aliphatic rings. The number of hydrogen-bond donors (Lipinski definition) is 1. The maximum atomic E-state index is 4.31. The van der Waals surface area contributed by atoms with Crippen LogP contribution in [0.5, 0.6) is 0 Å². The first-order chi connectivity index (χ1) is 6.79. The molecule has 1 aromatic heterocycles. The van der Waals surface area contributed by atoms with E-state index in [2.05, 4.69) is 41.2 Å². The minimum atomic E-state index is 0.638. The molecule has 0 amide bonds. The van der Waals surface area contributed by atoms with Gasteiger partial charge in [0.05, 0.1) is 0 Å². The highest BCUT2D eigenvalue weighted by atomic mass is 15.2. The van der Waals surface area contributed by atoms with Gasteiger partial charge in [0, 0.05) is 12.0 Å². The lowest BCUT2D eigenvalue weighted by atomic mass is 10.1. The van der Waals surface area contributed by atoms with Gasteiger partial charge in [0.25, 0.3) is 0 Å². The molecule has 1 heterocycles. The van der Waals surface area contributed by atoms with E-state index in [-0.39, 0.29) is 0 Å². The molecule has 0 aliphatic carbocycles. The Bertz CT molecular complexity index is 432. The maximum absolute atomic E-state index is 4.31. The molecule has 71 valence electrons. The molecular weight excluding hydrogens is 174 g/mol. The molecule has 3 heteroatoms. The minimum absolute atomic E-state index is 0.638. The van der Waals surface area contributed by atoms with Crippen molar-refractivity contribution in [3.8, 4) is 11.4 Å². The van der Waals surface area contributed by atoms with Crippen molar-refractivity contribution in [1.82, 2.24) is 15.2 Å². The van der Waals surface area contributed by atoms with Crippen molar-refractivity contribution >= 4 is 0 Å². The van der Waals surface area contributed by atoms with Crippen LogP contribution in [0.4, 0.5) is 0 Å². The van der Waals surface area contributed by atoms with Gasteiger partial charge in [-0.3, -0.25) is 5.10 Å². The lowest BCUT2D eigenvalue weighted by molar-refractivity contribution is 0.990. The summed E-state index contributed by atoms with van der Waals surface area (Å²) in [5, 5.41) is 6.97. The molecule has 1 N–H and O–H groups in total. The van der Waals surface area contributed by atoms with Crippen LogP contribution in [0, 0.1) is 13.8 Å².